The van der Waals surface area contributed by atoms with Crippen LogP contribution in [0, 0.1) is 0 Å². The second-order valence-electron chi connectivity index (χ2n) is 9.33. The van der Waals surface area contributed by atoms with E-state index in [0.29, 0.717) is 12.4 Å². The second kappa shape index (κ2) is 15.5. The summed E-state index contributed by atoms with van der Waals surface area (Å²) in [6.45, 7) is 1.55. The van der Waals surface area contributed by atoms with Crippen molar-refractivity contribution in [2.75, 3.05) is 13.2 Å². The van der Waals surface area contributed by atoms with Gasteiger partial charge in [-0.05, 0) is 42.0 Å². The molecule has 0 saturated carbocycles. The van der Waals surface area contributed by atoms with Gasteiger partial charge in [-0.2, -0.15) is 9.58 Å². The molecule has 2 aromatic rings. The highest BCUT2D eigenvalue weighted by Gasteiger charge is 2.31. The van der Waals surface area contributed by atoms with E-state index in [1.165, 1.54) is 0 Å². The lowest BCUT2D eigenvalue weighted by Crippen LogP contribution is -2.52. The average Bonchev–Trinajstić information content (AvgIpc) is 3.30. The van der Waals surface area contributed by atoms with E-state index < -0.39 is 41.6 Å². The van der Waals surface area contributed by atoms with Crippen LogP contribution in [-0.4, -0.2) is 76.8 Å². The minimum Gasteiger partial charge on any atom is -0.464 e. The molecule has 2 amide bonds. The molecule has 1 aliphatic carbocycles. The molecular weight excluding hydrogens is 544 g/mol. The van der Waals surface area contributed by atoms with Crippen molar-refractivity contribution in [2.45, 2.75) is 50.6 Å². The van der Waals surface area contributed by atoms with Gasteiger partial charge in [-0.3, -0.25) is 14.4 Å². The van der Waals surface area contributed by atoms with Gasteiger partial charge in [0.25, 0.3) is 0 Å². The van der Waals surface area contributed by atoms with Gasteiger partial charge in [0.15, 0.2) is 0 Å². The van der Waals surface area contributed by atoms with Crippen molar-refractivity contribution in [2.24, 2.45) is 0 Å². The van der Waals surface area contributed by atoms with Crippen LogP contribution in [0.15, 0.2) is 48.5 Å². The number of amides is 2. The van der Waals surface area contributed by atoms with Gasteiger partial charge in [0.05, 0.1) is 6.61 Å². The molecule has 1 aliphatic rings. The lowest BCUT2D eigenvalue weighted by Gasteiger charge is -2.22. The summed E-state index contributed by atoms with van der Waals surface area (Å²) in [4.78, 5) is 67.5. The Bertz CT molecular complexity index is 1400. The number of ketones is 2. The number of Topliss-reactive ketones (excluding diaryl/α,β-unsaturated/α-hetero) is 2. The molecule has 0 aromatic heterocycles. The third-order valence-electron chi connectivity index (χ3n) is 6.60. The fourth-order valence-corrected chi connectivity index (χ4v) is 4.65. The van der Waals surface area contributed by atoms with E-state index in [1.807, 2.05) is 48.5 Å². The average molecular weight is 575 g/mol. The summed E-state index contributed by atoms with van der Waals surface area (Å²) in [5, 5.41) is 4.89. The SMILES string of the molecule is CCOC(=O)[C@H](CCC(=O)C=[N+]=[N-])NC(=O)[C@H](CCC(=O)C=[N+]=[N-])NC(=O)OCC1c2ccccc2-c2ccccc21. The number of fused-ring (bicyclic) bond motifs is 3. The summed E-state index contributed by atoms with van der Waals surface area (Å²) in [6, 6.07) is 12.9. The summed E-state index contributed by atoms with van der Waals surface area (Å²) in [5.41, 5.74) is 21.2. The molecule has 42 heavy (non-hydrogen) atoms. The van der Waals surface area contributed by atoms with Crippen LogP contribution < -0.4 is 10.6 Å². The monoisotopic (exact) mass is 574 g/mol. The van der Waals surface area contributed by atoms with E-state index in [2.05, 4.69) is 20.2 Å². The first-order valence-corrected chi connectivity index (χ1v) is 13.3. The van der Waals surface area contributed by atoms with Crippen molar-refractivity contribution in [3.8, 4) is 11.1 Å². The van der Waals surface area contributed by atoms with E-state index in [9.17, 15) is 24.0 Å². The van der Waals surface area contributed by atoms with Crippen LogP contribution in [-0.2, 0) is 28.7 Å². The first kappa shape index (κ1) is 31.3. The predicted molar refractivity (Wildman–Crippen MR) is 148 cm³/mol. The van der Waals surface area contributed by atoms with Gasteiger partial charge in [-0.1, -0.05) is 48.5 Å². The number of ether oxygens (including phenoxy) is 2. The largest absolute Gasteiger partial charge is 0.464 e. The topological polar surface area (TPSA) is 201 Å². The Kier molecular flexibility index (Phi) is 11.6. The Labute approximate surface area is 241 Å². The Morgan fingerprint density at radius 3 is 1.86 bits per heavy atom. The first-order chi connectivity index (χ1) is 20.3. The molecule has 3 rings (SSSR count). The number of rotatable bonds is 15. The zero-order chi connectivity index (χ0) is 30.5. The van der Waals surface area contributed by atoms with E-state index in [0.717, 1.165) is 22.3 Å². The lowest BCUT2D eigenvalue weighted by molar-refractivity contribution is -0.148. The zero-order valence-corrected chi connectivity index (χ0v) is 22.9. The number of carbonyl (C=O) groups is 5. The fraction of sp³-hybridized carbons (Fsp3) is 0.345. The number of hydrogen-bond donors (Lipinski definition) is 2. The van der Waals surface area contributed by atoms with Crippen LogP contribution in [0.1, 0.15) is 49.7 Å². The van der Waals surface area contributed by atoms with Crippen molar-refractivity contribution in [3.63, 3.8) is 0 Å². The fourth-order valence-electron chi connectivity index (χ4n) is 4.65. The number of nitrogens with one attached hydrogen (secondary N) is 2. The van der Waals surface area contributed by atoms with Gasteiger partial charge in [0.2, 0.25) is 17.5 Å². The molecule has 0 bridgehead atoms. The molecule has 2 aromatic carbocycles. The number of benzene rings is 2. The first-order valence-electron chi connectivity index (χ1n) is 13.3. The standard InChI is InChI=1S/C29H30N6O7/c1-2-41-28(39)26(14-12-19(37)16-33-31)34-27(38)25(13-11-18(36)15-32-30)35-29(40)42-17-24-22-9-5-3-7-20(22)21-8-4-6-10-23(21)24/h3-10,15-16,24-26H,2,11-14,17H2,1H3,(H,34,38)(H,35,40)/t25-,26-/m0/s1. The highest BCUT2D eigenvalue weighted by Crippen LogP contribution is 2.44. The maximum atomic E-state index is 13.2. The van der Waals surface area contributed by atoms with Crippen LogP contribution in [0.2, 0.25) is 0 Å². The van der Waals surface area contributed by atoms with Gasteiger partial charge < -0.3 is 31.2 Å². The molecule has 0 saturated heterocycles. The van der Waals surface area contributed by atoms with Crippen molar-refractivity contribution in [1.29, 1.82) is 0 Å². The molecule has 0 unspecified atom stereocenters. The number of hydrogen-bond acceptors (Lipinski definition) is 7. The molecule has 218 valence electrons. The summed E-state index contributed by atoms with van der Waals surface area (Å²) >= 11 is 0. The molecule has 0 radical (unpaired) electrons. The van der Waals surface area contributed by atoms with Gasteiger partial charge in [0.1, 0.15) is 18.7 Å². The molecule has 0 heterocycles. The molecule has 2 N–H and O–H groups in total. The lowest BCUT2D eigenvalue weighted by atomic mass is 9.98. The quantitative estimate of drug-likeness (QED) is 0.140. The van der Waals surface area contributed by atoms with Crippen LogP contribution in [0.25, 0.3) is 22.2 Å². The summed E-state index contributed by atoms with van der Waals surface area (Å²) in [7, 11) is 0. The Hall–Kier alpha value is -5.25. The molecule has 0 fully saturated rings. The van der Waals surface area contributed by atoms with Crippen molar-refractivity contribution in [1.82, 2.24) is 10.6 Å². The smallest absolute Gasteiger partial charge is 0.407 e. The van der Waals surface area contributed by atoms with Crippen LogP contribution in [0.3, 0.4) is 0 Å². The second-order valence-corrected chi connectivity index (χ2v) is 9.33. The van der Waals surface area contributed by atoms with Gasteiger partial charge in [-0.25, -0.2) is 9.59 Å². The van der Waals surface area contributed by atoms with Crippen molar-refractivity contribution >= 4 is 42.0 Å². The molecule has 13 nitrogen and oxygen atoms in total. The highest BCUT2D eigenvalue weighted by atomic mass is 16.5. The van der Waals surface area contributed by atoms with Crippen LogP contribution in [0.5, 0.6) is 0 Å². The maximum absolute atomic E-state index is 13.2. The minimum absolute atomic E-state index is 0.00761. The molecule has 13 heteroatoms. The number of alkyl carbamates (subject to hydrolysis) is 1. The summed E-state index contributed by atoms with van der Waals surface area (Å²) in [6.07, 6.45) is -0.513. The van der Waals surface area contributed by atoms with Crippen molar-refractivity contribution < 1.29 is 43.0 Å². The molecule has 2 atom stereocenters. The van der Waals surface area contributed by atoms with Gasteiger partial charge >= 0.3 is 24.5 Å². The number of nitrogens with zero attached hydrogens (tertiary/aromatic N) is 4. The van der Waals surface area contributed by atoms with E-state index in [-0.39, 0.29) is 44.8 Å². The highest BCUT2D eigenvalue weighted by molar-refractivity contribution is 6.25. The van der Waals surface area contributed by atoms with Gasteiger partial charge in [0, 0.05) is 18.8 Å². The molecule has 0 aliphatic heterocycles. The van der Waals surface area contributed by atoms with Crippen LogP contribution in [0.4, 0.5) is 4.79 Å². The number of carbonyl (C=O) groups excluding carboxylic acids is 5. The van der Waals surface area contributed by atoms with E-state index in [1.54, 1.807) is 6.92 Å². The maximum Gasteiger partial charge on any atom is 0.407 e. The molecule has 0 spiro atoms. The third-order valence-corrected chi connectivity index (χ3v) is 6.60. The van der Waals surface area contributed by atoms with Crippen LogP contribution >= 0.6 is 0 Å². The zero-order valence-electron chi connectivity index (χ0n) is 22.9. The van der Waals surface area contributed by atoms with E-state index in [4.69, 9.17) is 20.5 Å². The predicted octanol–water partition coefficient (Wildman–Crippen LogP) is 2.24. The van der Waals surface area contributed by atoms with Gasteiger partial charge in [-0.15, -0.1) is 0 Å². The Morgan fingerprint density at radius 1 is 0.810 bits per heavy atom. The third kappa shape index (κ3) is 8.37. The normalized spacial score (nSPS) is 12.7. The Morgan fingerprint density at radius 2 is 1.33 bits per heavy atom. The Balaban J connectivity index is 1.72. The number of esters is 1. The summed E-state index contributed by atoms with van der Waals surface area (Å²) < 4.78 is 10.5. The molecular formula is C29H30N6O7. The minimum atomic E-state index is -1.33. The van der Waals surface area contributed by atoms with Crippen molar-refractivity contribution in [3.05, 3.63) is 70.7 Å². The summed E-state index contributed by atoms with van der Waals surface area (Å²) in [5.74, 6) is -3.09. The van der Waals surface area contributed by atoms with E-state index >= 15 is 0 Å².